The van der Waals surface area contributed by atoms with Crippen molar-refractivity contribution in [2.45, 2.75) is 114 Å². The molecule has 4 nitrogen and oxygen atoms in total. The van der Waals surface area contributed by atoms with Gasteiger partial charge in [0, 0.05) is 47.7 Å². The summed E-state index contributed by atoms with van der Waals surface area (Å²) in [5, 5.41) is 5.78. The largest absolute Gasteiger partial charge is 0.486 e. The van der Waals surface area contributed by atoms with Gasteiger partial charge in [0.2, 0.25) is 5.71 Å². The smallest absolute Gasteiger partial charge is 0.216 e. The van der Waals surface area contributed by atoms with Gasteiger partial charge in [-0.05, 0) is 166 Å². The van der Waals surface area contributed by atoms with E-state index >= 15 is 4.57 Å². The van der Waals surface area contributed by atoms with Gasteiger partial charge in [0.1, 0.15) is 7.14 Å². The second-order valence-electron chi connectivity index (χ2n) is 19.4. The fraction of sp³-hybridized carbons (Fsp3) is 0.480. The zero-order valence-corrected chi connectivity index (χ0v) is 36.3. The second-order valence-corrected chi connectivity index (χ2v) is 23.0. The first-order valence-electron chi connectivity index (χ1n) is 21.4. The van der Waals surface area contributed by atoms with Gasteiger partial charge in [0.25, 0.3) is 0 Å². The fourth-order valence-corrected chi connectivity index (χ4v) is 19.8. The topological polar surface area (TPSA) is 56.0 Å². The zero-order valence-electron chi connectivity index (χ0n) is 33.0. The first-order chi connectivity index (χ1) is 26.7. The van der Waals surface area contributed by atoms with E-state index in [2.05, 4.69) is 90.5 Å². The summed E-state index contributed by atoms with van der Waals surface area (Å²) in [6.07, 6.45) is 18.2. The number of nitrogens with zero attached hydrogens (tertiary/aromatic N) is 2. The minimum atomic E-state index is -2.53. The second kappa shape index (κ2) is 13.7. The summed E-state index contributed by atoms with van der Waals surface area (Å²) in [4.78, 5) is 9.22. The van der Waals surface area contributed by atoms with Crippen LogP contribution in [0.5, 0.6) is 0 Å². The molecule has 8 bridgehead atoms. The SMILES string of the molecule is Cc1ccc2c(n1)oc1c(-c3nccc4cc(C(C)C)ccc34)[c-]ccc12.O=P(c1[c-]cccc1)(C12CC3CC(CC(C3)C1)C2)C12CC3CC(CC(C3)C1)C2.[Ir]. The van der Waals surface area contributed by atoms with E-state index in [0.29, 0.717) is 11.6 Å². The summed E-state index contributed by atoms with van der Waals surface area (Å²) in [5.41, 5.74) is 5.49. The van der Waals surface area contributed by atoms with Crippen LogP contribution in [-0.2, 0) is 24.7 Å². The van der Waals surface area contributed by atoms with Gasteiger partial charge in [-0.25, -0.2) is 4.98 Å². The van der Waals surface area contributed by atoms with Gasteiger partial charge in [-0.15, -0.1) is 23.5 Å². The molecule has 8 aliphatic carbocycles. The van der Waals surface area contributed by atoms with Crippen molar-refractivity contribution in [2.75, 3.05) is 0 Å². The Labute approximate surface area is 345 Å². The minimum Gasteiger partial charge on any atom is -0.486 e. The summed E-state index contributed by atoms with van der Waals surface area (Å²) in [6, 6.07) is 32.2. The van der Waals surface area contributed by atoms with Crippen molar-refractivity contribution in [2.24, 2.45) is 35.5 Å². The Hall–Kier alpha value is -3.10. The molecule has 14 rings (SSSR count). The third kappa shape index (κ3) is 5.72. The number of pyridine rings is 2. The molecule has 0 saturated heterocycles. The van der Waals surface area contributed by atoms with E-state index in [4.69, 9.17) is 4.42 Å². The van der Waals surface area contributed by atoms with Crippen LogP contribution in [0.2, 0.25) is 0 Å². The van der Waals surface area contributed by atoms with Crippen molar-refractivity contribution < 1.29 is 29.1 Å². The van der Waals surface area contributed by atoms with E-state index in [1.54, 1.807) is 0 Å². The summed E-state index contributed by atoms with van der Waals surface area (Å²) in [6.45, 7) is 6.39. The molecule has 0 aliphatic heterocycles. The Balaban J connectivity index is 0.000000135. The number of hydrogen-bond acceptors (Lipinski definition) is 4. The molecule has 6 aromatic rings. The van der Waals surface area contributed by atoms with Gasteiger partial charge in [0.15, 0.2) is 0 Å². The molecule has 0 spiro atoms. The number of rotatable bonds is 5. The molecule has 8 saturated carbocycles. The van der Waals surface area contributed by atoms with Gasteiger partial charge in [-0.3, -0.25) is 0 Å². The molecule has 56 heavy (non-hydrogen) atoms. The van der Waals surface area contributed by atoms with Crippen LogP contribution in [0, 0.1) is 54.6 Å². The standard InChI is InChI=1S/C26H34OP.C24H19N2O.Ir/c27-28(24-4-2-1-3-5-24,25-12-18-6-19(13-25)8-20(7-18)14-25)26-15-21-9-22(16-26)11-23(10-21)17-26;1-14(2)16-8-10-18-17(13-16)11-12-25-22(18)21-6-4-5-19-20-9-7-15(3)26-24(20)27-23(19)21;/h1-4,18-23H,6-17H2;4-5,7-14H,1-3H3;/q2*-1;. The monoisotopic (exact) mass is 937 g/mol. The van der Waals surface area contributed by atoms with Crippen LogP contribution in [0.3, 0.4) is 0 Å². The molecule has 0 atom stereocenters. The maximum absolute atomic E-state index is 15.9. The molecule has 291 valence electrons. The number of furan rings is 1. The van der Waals surface area contributed by atoms with Crippen molar-refractivity contribution in [1.82, 2.24) is 9.97 Å². The van der Waals surface area contributed by atoms with Crippen molar-refractivity contribution in [3.63, 3.8) is 0 Å². The van der Waals surface area contributed by atoms with Crippen molar-refractivity contribution in [3.8, 4) is 11.3 Å². The third-order valence-electron chi connectivity index (χ3n) is 15.5. The quantitative estimate of drug-likeness (QED) is 0.128. The third-order valence-corrected chi connectivity index (χ3v) is 20.2. The molecule has 3 heterocycles. The predicted octanol–water partition coefficient (Wildman–Crippen LogP) is 12.8. The van der Waals surface area contributed by atoms with Crippen LogP contribution in [0.4, 0.5) is 0 Å². The Morgan fingerprint density at radius 2 is 1.32 bits per heavy atom. The van der Waals surface area contributed by atoms with Crippen LogP contribution in [-0.4, -0.2) is 20.3 Å². The number of aryl methyl sites for hydroxylation is 1. The van der Waals surface area contributed by atoms with E-state index in [1.807, 2.05) is 31.3 Å². The molecule has 3 aromatic heterocycles. The molecule has 8 aliphatic rings. The van der Waals surface area contributed by atoms with Crippen LogP contribution < -0.4 is 5.30 Å². The van der Waals surface area contributed by atoms with E-state index in [9.17, 15) is 0 Å². The fourth-order valence-electron chi connectivity index (χ4n) is 14.1. The molecule has 3 aromatic carbocycles. The van der Waals surface area contributed by atoms with Crippen molar-refractivity contribution in [1.29, 1.82) is 0 Å². The zero-order chi connectivity index (χ0) is 37.1. The van der Waals surface area contributed by atoms with Gasteiger partial charge < -0.3 is 14.0 Å². The Bertz CT molecular complexity index is 2390. The summed E-state index contributed by atoms with van der Waals surface area (Å²) in [7, 11) is -2.53. The molecule has 0 N–H and O–H groups in total. The summed E-state index contributed by atoms with van der Waals surface area (Å²) in [5.74, 6) is 5.73. The minimum absolute atomic E-state index is 0. The number of hydrogen-bond donors (Lipinski definition) is 0. The van der Waals surface area contributed by atoms with Crippen molar-refractivity contribution >= 4 is 45.3 Å². The van der Waals surface area contributed by atoms with Crippen LogP contribution in [0.15, 0.2) is 83.4 Å². The number of aromatic nitrogens is 2. The molecular formula is C50H53IrN2O2P-2. The Morgan fingerprint density at radius 1 is 0.714 bits per heavy atom. The van der Waals surface area contributed by atoms with E-state index in [0.717, 1.165) is 74.2 Å². The first kappa shape index (κ1) is 37.2. The number of fused-ring (bicyclic) bond motifs is 4. The van der Waals surface area contributed by atoms with E-state index in [1.165, 1.54) is 93.3 Å². The predicted molar refractivity (Wildman–Crippen MR) is 224 cm³/mol. The average molecular weight is 937 g/mol. The molecule has 1 radical (unpaired) electrons. The molecule has 8 fully saturated rings. The maximum atomic E-state index is 15.9. The van der Waals surface area contributed by atoms with Gasteiger partial charge in [0.05, 0.1) is 5.58 Å². The Morgan fingerprint density at radius 3 is 1.89 bits per heavy atom. The normalized spacial score (nSPS) is 32.1. The molecule has 6 heteroatoms. The van der Waals surface area contributed by atoms with Gasteiger partial charge in [-0.1, -0.05) is 43.0 Å². The Kier molecular flexibility index (Phi) is 9.13. The van der Waals surface area contributed by atoms with Gasteiger partial charge in [-0.2, -0.15) is 30.3 Å². The van der Waals surface area contributed by atoms with Crippen LogP contribution in [0.25, 0.3) is 44.1 Å². The maximum Gasteiger partial charge on any atom is 0.216 e. The van der Waals surface area contributed by atoms with Crippen LogP contribution >= 0.6 is 7.14 Å². The molecule has 0 amide bonds. The number of benzene rings is 3. The molecule has 0 unspecified atom stereocenters. The first-order valence-corrected chi connectivity index (χ1v) is 23.1. The van der Waals surface area contributed by atoms with E-state index < -0.39 is 7.14 Å². The van der Waals surface area contributed by atoms with Crippen LogP contribution in [0.1, 0.15) is 108 Å². The molecular weight excluding hydrogens is 884 g/mol. The summed E-state index contributed by atoms with van der Waals surface area (Å²) < 4.78 is 22.0. The van der Waals surface area contributed by atoms with Gasteiger partial charge >= 0.3 is 0 Å². The van der Waals surface area contributed by atoms with Crippen molar-refractivity contribution in [3.05, 3.63) is 102 Å². The summed E-state index contributed by atoms with van der Waals surface area (Å²) >= 11 is 0. The van der Waals surface area contributed by atoms with E-state index in [-0.39, 0.29) is 30.4 Å². The average Bonchev–Trinajstić information content (AvgIpc) is 3.54.